The molecule has 0 amide bonds. The van der Waals surface area contributed by atoms with Crippen LogP contribution < -0.4 is 0 Å². The summed E-state index contributed by atoms with van der Waals surface area (Å²) in [5.74, 6) is 4.73. The normalized spacial score (nSPS) is 55.0. The number of hydrogen-bond donors (Lipinski definition) is 0. The summed E-state index contributed by atoms with van der Waals surface area (Å²) < 4.78 is 5.35. The number of fused-ring (bicyclic) bond motifs is 9. The Morgan fingerprint density at radius 2 is 2.00 bits per heavy atom. The molecule has 3 fully saturated rings. The van der Waals surface area contributed by atoms with Crippen molar-refractivity contribution in [2.45, 2.75) is 33.1 Å². The van der Waals surface area contributed by atoms with Gasteiger partial charge in [-0.05, 0) is 68.6 Å². The van der Waals surface area contributed by atoms with Gasteiger partial charge in [0.05, 0.1) is 12.0 Å². The maximum Gasteiger partial charge on any atom is 0.312 e. The van der Waals surface area contributed by atoms with Gasteiger partial charge in [0.1, 0.15) is 0 Å². The van der Waals surface area contributed by atoms with Crippen LogP contribution in [0.5, 0.6) is 0 Å². The van der Waals surface area contributed by atoms with Gasteiger partial charge in [-0.2, -0.15) is 0 Å². The molecule has 18 heavy (non-hydrogen) atoms. The highest BCUT2D eigenvalue weighted by Gasteiger charge is 2.66. The van der Waals surface area contributed by atoms with Gasteiger partial charge in [0.25, 0.3) is 0 Å². The van der Waals surface area contributed by atoms with Crippen molar-refractivity contribution in [1.29, 1.82) is 0 Å². The van der Waals surface area contributed by atoms with Crippen LogP contribution in [0.4, 0.5) is 0 Å². The van der Waals surface area contributed by atoms with Crippen molar-refractivity contribution in [3.8, 4) is 0 Å². The standard InChI is InChI=1S/C16H22O2/c1-3-18-15(17)16(2)8-11-7-12(16)14-10-5-4-9(6-10)13(11)14/h4-5,9-14H,3,6-8H2,1-2H3. The topological polar surface area (TPSA) is 26.3 Å². The molecule has 4 aliphatic carbocycles. The van der Waals surface area contributed by atoms with E-state index < -0.39 is 0 Å². The molecule has 98 valence electrons. The Bertz CT molecular complexity index is 427. The summed E-state index contributed by atoms with van der Waals surface area (Å²) >= 11 is 0. The lowest BCUT2D eigenvalue weighted by molar-refractivity contribution is -0.160. The minimum Gasteiger partial charge on any atom is -0.466 e. The molecule has 0 saturated heterocycles. The second-order valence-electron chi connectivity index (χ2n) is 7.05. The van der Waals surface area contributed by atoms with Crippen LogP contribution in [0.3, 0.4) is 0 Å². The fraction of sp³-hybridized carbons (Fsp3) is 0.812. The molecule has 4 aliphatic rings. The first-order chi connectivity index (χ1) is 8.65. The van der Waals surface area contributed by atoms with E-state index in [2.05, 4.69) is 19.1 Å². The van der Waals surface area contributed by atoms with Crippen LogP contribution in [-0.4, -0.2) is 12.6 Å². The van der Waals surface area contributed by atoms with Crippen LogP contribution in [0, 0.1) is 40.9 Å². The van der Waals surface area contributed by atoms with Gasteiger partial charge in [-0.3, -0.25) is 4.79 Å². The Morgan fingerprint density at radius 1 is 1.28 bits per heavy atom. The molecule has 0 aromatic heterocycles. The summed E-state index contributed by atoms with van der Waals surface area (Å²) in [5, 5.41) is 0. The second-order valence-corrected chi connectivity index (χ2v) is 7.05. The van der Waals surface area contributed by atoms with Gasteiger partial charge in [0.2, 0.25) is 0 Å². The molecular formula is C16H22O2. The molecule has 4 rings (SSSR count). The van der Waals surface area contributed by atoms with Gasteiger partial charge in [-0.15, -0.1) is 0 Å². The fourth-order valence-corrected chi connectivity index (χ4v) is 5.90. The average molecular weight is 246 g/mol. The lowest BCUT2D eigenvalue weighted by Gasteiger charge is -2.41. The number of carbonyl (C=O) groups excluding carboxylic acids is 1. The van der Waals surface area contributed by atoms with E-state index >= 15 is 0 Å². The van der Waals surface area contributed by atoms with Crippen LogP contribution >= 0.6 is 0 Å². The highest BCUT2D eigenvalue weighted by molar-refractivity contribution is 5.77. The summed E-state index contributed by atoms with van der Waals surface area (Å²) in [6.45, 7) is 4.60. The van der Waals surface area contributed by atoms with Crippen molar-refractivity contribution in [1.82, 2.24) is 0 Å². The van der Waals surface area contributed by atoms with Gasteiger partial charge in [0, 0.05) is 0 Å². The molecular weight excluding hydrogens is 224 g/mol. The van der Waals surface area contributed by atoms with Crippen molar-refractivity contribution in [3.05, 3.63) is 12.2 Å². The van der Waals surface area contributed by atoms with Crippen LogP contribution in [0.15, 0.2) is 12.2 Å². The van der Waals surface area contributed by atoms with Crippen LogP contribution in [0.1, 0.15) is 33.1 Å². The molecule has 0 aromatic rings. The fourth-order valence-electron chi connectivity index (χ4n) is 5.90. The smallest absolute Gasteiger partial charge is 0.312 e. The average Bonchev–Trinajstić information content (AvgIpc) is 3.05. The van der Waals surface area contributed by atoms with Crippen molar-refractivity contribution < 1.29 is 9.53 Å². The molecule has 0 heterocycles. The minimum atomic E-state index is -0.180. The van der Waals surface area contributed by atoms with Crippen molar-refractivity contribution in [2.75, 3.05) is 6.61 Å². The lowest BCUT2D eigenvalue weighted by atomic mass is 9.63. The van der Waals surface area contributed by atoms with E-state index in [-0.39, 0.29) is 11.4 Å². The largest absolute Gasteiger partial charge is 0.466 e. The van der Waals surface area contributed by atoms with E-state index in [0.717, 1.165) is 36.0 Å². The quantitative estimate of drug-likeness (QED) is 0.425. The summed E-state index contributed by atoms with van der Waals surface area (Å²) in [6.07, 6.45) is 8.60. The second kappa shape index (κ2) is 3.40. The molecule has 0 aliphatic heterocycles. The zero-order valence-corrected chi connectivity index (χ0v) is 11.3. The Kier molecular flexibility index (Phi) is 2.09. The van der Waals surface area contributed by atoms with E-state index in [1.807, 2.05) is 6.92 Å². The SMILES string of the molecule is CCOC(=O)C1(C)CC2CC1C1C3C=CC(C3)C21. The van der Waals surface area contributed by atoms with E-state index in [4.69, 9.17) is 4.74 Å². The lowest BCUT2D eigenvalue weighted by Crippen LogP contribution is -2.43. The maximum absolute atomic E-state index is 12.3. The maximum atomic E-state index is 12.3. The van der Waals surface area contributed by atoms with E-state index in [0.29, 0.717) is 12.5 Å². The monoisotopic (exact) mass is 246 g/mol. The molecule has 0 N–H and O–H groups in total. The molecule has 0 radical (unpaired) electrons. The Morgan fingerprint density at radius 3 is 2.72 bits per heavy atom. The molecule has 0 aromatic carbocycles. The van der Waals surface area contributed by atoms with Gasteiger partial charge in [-0.1, -0.05) is 12.2 Å². The summed E-state index contributed by atoms with van der Waals surface area (Å²) in [7, 11) is 0. The third-order valence-electron chi connectivity index (χ3n) is 6.40. The van der Waals surface area contributed by atoms with Gasteiger partial charge in [0.15, 0.2) is 0 Å². The van der Waals surface area contributed by atoms with Gasteiger partial charge in [-0.25, -0.2) is 0 Å². The molecule has 0 spiro atoms. The summed E-state index contributed by atoms with van der Waals surface area (Å²) in [4.78, 5) is 12.3. The predicted octanol–water partition coefficient (Wildman–Crippen LogP) is 3.03. The third-order valence-corrected chi connectivity index (χ3v) is 6.40. The molecule has 3 saturated carbocycles. The Hall–Kier alpha value is -0.790. The van der Waals surface area contributed by atoms with Crippen molar-refractivity contribution in [2.24, 2.45) is 40.9 Å². The van der Waals surface area contributed by atoms with Crippen LogP contribution in [-0.2, 0) is 9.53 Å². The summed E-state index contributed by atoms with van der Waals surface area (Å²) in [6, 6.07) is 0. The van der Waals surface area contributed by atoms with E-state index in [9.17, 15) is 4.79 Å². The molecule has 7 unspecified atom stereocenters. The van der Waals surface area contributed by atoms with Crippen molar-refractivity contribution >= 4 is 5.97 Å². The van der Waals surface area contributed by atoms with E-state index in [1.54, 1.807) is 0 Å². The molecule has 2 heteroatoms. The van der Waals surface area contributed by atoms with Gasteiger partial charge < -0.3 is 4.74 Å². The highest BCUT2D eigenvalue weighted by atomic mass is 16.5. The minimum absolute atomic E-state index is 0.0719. The van der Waals surface area contributed by atoms with Crippen LogP contribution in [0.25, 0.3) is 0 Å². The molecule has 4 bridgehead atoms. The highest BCUT2D eigenvalue weighted by Crippen LogP contribution is 2.70. The predicted molar refractivity (Wildman–Crippen MR) is 68.7 cm³/mol. The van der Waals surface area contributed by atoms with E-state index in [1.165, 1.54) is 12.8 Å². The number of ether oxygens (including phenoxy) is 1. The Labute approximate surface area is 109 Å². The van der Waals surface area contributed by atoms with Crippen molar-refractivity contribution in [3.63, 3.8) is 0 Å². The first-order valence-corrected chi connectivity index (χ1v) is 7.50. The zero-order valence-electron chi connectivity index (χ0n) is 11.3. The summed E-state index contributed by atoms with van der Waals surface area (Å²) in [5.41, 5.74) is -0.180. The molecule has 7 atom stereocenters. The first kappa shape index (κ1) is 11.1. The molecule has 2 nitrogen and oxygen atoms in total. The Balaban J connectivity index is 1.65. The number of carbonyl (C=O) groups is 1. The number of allylic oxidation sites excluding steroid dienone is 2. The number of rotatable bonds is 2. The zero-order chi connectivity index (χ0) is 12.5. The number of esters is 1. The third kappa shape index (κ3) is 1.13. The number of hydrogen-bond acceptors (Lipinski definition) is 2. The first-order valence-electron chi connectivity index (χ1n) is 7.50. The van der Waals surface area contributed by atoms with Crippen LogP contribution in [0.2, 0.25) is 0 Å². The van der Waals surface area contributed by atoms with Gasteiger partial charge >= 0.3 is 5.97 Å².